The van der Waals surface area contributed by atoms with Crippen LogP contribution >= 0.6 is 15.9 Å². The van der Waals surface area contributed by atoms with E-state index in [4.69, 9.17) is 19.9 Å². The molecule has 0 aliphatic carbocycles. The molecule has 0 unspecified atom stereocenters. The SMILES string of the molecule is CC(C)(O)O[C@H]1C[C@H](n2ccc3c(N)ncnc32)O[C@@H]1COc1ccc2cc(Br)cnc2c1. The maximum absolute atomic E-state index is 10.3. The van der Waals surface area contributed by atoms with Gasteiger partial charge in [-0.05, 0) is 54.0 Å². The van der Waals surface area contributed by atoms with Crippen molar-refractivity contribution in [2.75, 3.05) is 12.3 Å². The number of hydrogen-bond donors (Lipinski definition) is 2. The third-order valence-corrected chi connectivity index (χ3v) is 5.94. The second kappa shape index (κ2) is 8.53. The molecule has 5 rings (SSSR count). The molecule has 3 atom stereocenters. The number of fused-ring (bicyclic) bond motifs is 2. The van der Waals surface area contributed by atoms with Gasteiger partial charge in [-0.2, -0.15) is 0 Å². The van der Waals surface area contributed by atoms with Gasteiger partial charge in [0.1, 0.15) is 42.5 Å². The lowest BCUT2D eigenvalue weighted by Gasteiger charge is -2.26. The van der Waals surface area contributed by atoms with Crippen LogP contribution in [0, 0.1) is 0 Å². The highest BCUT2D eigenvalue weighted by Crippen LogP contribution is 2.35. The van der Waals surface area contributed by atoms with Crippen LogP contribution in [0.4, 0.5) is 5.82 Å². The number of anilines is 1. The zero-order valence-electron chi connectivity index (χ0n) is 18.2. The summed E-state index contributed by atoms with van der Waals surface area (Å²) in [6, 6.07) is 9.61. The minimum Gasteiger partial charge on any atom is -0.491 e. The fraction of sp³-hybridized carbons (Fsp3) is 0.348. The third-order valence-electron chi connectivity index (χ3n) is 5.51. The number of aromatic nitrogens is 4. The first-order valence-electron chi connectivity index (χ1n) is 10.6. The lowest BCUT2D eigenvalue weighted by atomic mass is 10.1. The first-order valence-corrected chi connectivity index (χ1v) is 11.4. The number of nitrogen functional groups attached to an aromatic ring is 1. The van der Waals surface area contributed by atoms with E-state index < -0.39 is 11.9 Å². The first kappa shape index (κ1) is 22.0. The zero-order valence-corrected chi connectivity index (χ0v) is 19.8. The number of halogens is 1. The molecule has 0 spiro atoms. The topological polar surface area (TPSA) is 118 Å². The summed E-state index contributed by atoms with van der Waals surface area (Å²) < 4.78 is 21.1. The van der Waals surface area contributed by atoms with Crippen molar-refractivity contribution in [1.29, 1.82) is 0 Å². The molecule has 4 aromatic rings. The molecule has 33 heavy (non-hydrogen) atoms. The number of pyridine rings is 1. The van der Waals surface area contributed by atoms with Crippen LogP contribution < -0.4 is 10.5 Å². The van der Waals surface area contributed by atoms with E-state index in [-0.39, 0.29) is 18.9 Å². The van der Waals surface area contributed by atoms with E-state index in [1.54, 1.807) is 20.0 Å². The highest BCUT2D eigenvalue weighted by molar-refractivity contribution is 9.10. The van der Waals surface area contributed by atoms with Crippen molar-refractivity contribution in [3.63, 3.8) is 0 Å². The lowest BCUT2D eigenvalue weighted by molar-refractivity contribution is -0.216. The molecule has 0 amide bonds. The molecule has 3 aromatic heterocycles. The average molecular weight is 514 g/mol. The van der Waals surface area contributed by atoms with Crippen LogP contribution in [0.15, 0.2) is 53.5 Å². The molecule has 1 aliphatic rings. The summed E-state index contributed by atoms with van der Waals surface area (Å²) in [5.74, 6) is -0.219. The van der Waals surface area contributed by atoms with Crippen molar-refractivity contribution in [2.24, 2.45) is 0 Å². The lowest BCUT2D eigenvalue weighted by Crippen LogP contribution is -2.37. The Morgan fingerprint density at radius 1 is 1.24 bits per heavy atom. The first-order chi connectivity index (χ1) is 15.8. The summed E-state index contributed by atoms with van der Waals surface area (Å²) in [6.45, 7) is 3.45. The molecule has 1 fully saturated rings. The molecule has 1 aromatic carbocycles. The predicted octanol–water partition coefficient (Wildman–Crippen LogP) is 3.80. The average Bonchev–Trinajstić information content (AvgIpc) is 3.36. The van der Waals surface area contributed by atoms with E-state index in [9.17, 15) is 5.11 Å². The van der Waals surface area contributed by atoms with Gasteiger partial charge in [-0.1, -0.05) is 0 Å². The highest BCUT2D eigenvalue weighted by Gasteiger charge is 2.40. The minimum absolute atomic E-state index is 0.246. The molecule has 10 heteroatoms. The van der Waals surface area contributed by atoms with E-state index in [0.717, 1.165) is 20.8 Å². The Bertz CT molecular complexity index is 1310. The molecular weight excluding hydrogens is 490 g/mol. The Morgan fingerprint density at radius 2 is 2.09 bits per heavy atom. The van der Waals surface area contributed by atoms with Gasteiger partial charge in [0.25, 0.3) is 0 Å². The molecule has 172 valence electrons. The summed E-state index contributed by atoms with van der Waals surface area (Å²) in [7, 11) is 0. The maximum Gasteiger partial charge on any atom is 0.160 e. The van der Waals surface area contributed by atoms with Crippen molar-refractivity contribution in [2.45, 2.75) is 44.5 Å². The van der Waals surface area contributed by atoms with E-state index in [2.05, 4.69) is 30.9 Å². The van der Waals surface area contributed by atoms with Crippen LogP contribution in [0.3, 0.4) is 0 Å². The van der Waals surface area contributed by atoms with E-state index >= 15 is 0 Å². The molecule has 1 aliphatic heterocycles. The predicted molar refractivity (Wildman–Crippen MR) is 127 cm³/mol. The van der Waals surface area contributed by atoms with Gasteiger partial charge < -0.3 is 29.6 Å². The van der Waals surface area contributed by atoms with Gasteiger partial charge in [0.05, 0.1) is 17.0 Å². The normalized spacial score (nSPS) is 21.2. The van der Waals surface area contributed by atoms with Crippen molar-refractivity contribution >= 4 is 43.7 Å². The van der Waals surface area contributed by atoms with Crippen molar-refractivity contribution in [3.8, 4) is 5.75 Å². The zero-order chi connectivity index (χ0) is 23.2. The Hall–Kier alpha value is -2.79. The van der Waals surface area contributed by atoms with Crippen molar-refractivity contribution in [3.05, 3.63) is 53.5 Å². The fourth-order valence-corrected chi connectivity index (χ4v) is 4.43. The van der Waals surface area contributed by atoms with Crippen LogP contribution in [0.25, 0.3) is 21.9 Å². The smallest absolute Gasteiger partial charge is 0.160 e. The molecule has 0 radical (unpaired) electrons. The van der Waals surface area contributed by atoms with Crippen LogP contribution in [-0.2, 0) is 9.47 Å². The summed E-state index contributed by atoms with van der Waals surface area (Å²) in [5, 5.41) is 12.0. The van der Waals surface area contributed by atoms with E-state index in [0.29, 0.717) is 23.6 Å². The van der Waals surface area contributed by atoms with Gasteiger partial charge in [0, 0.05) is 34.7 Å². The van der Waals surface area contributed by atoms with Gasteiger partial charge in [0.15, 0.2) is 5.79 Å². The number of hydrogen-bond acceptors (Lipinski definition) is 8. The van der Waals surface area contributed by atoms with Gasteiger partial charge >= 0.3 is 0 Å². The Morgan fingerprint density at radius 3 is 2.91 bits per heavy atom. The second-order valence-electron chi connectivity index (χ2n) is 8.51. The van der Waals surface area contributed by atoms with Crippen LogP contribution in [-0.4, -0.2) is 49.2 Å². The third kappa shape index (κ3) is 4.65. The number of rotatable bonds is 6. The number of nitrogens with zero attached hydrogens (tertiary/aromatic N) is 4. The van der Waals surface area contributed by atoms with Gasteiger partial charge in [-0.3, -0.25) is 4.98 Å². The molecule has 0 bridgehead atoms. The summed E-state index contributed by atoms with van der Waals surface area (Å²) in [6.07, 6.45) is 4.42. The van der Waals surface area contributed by atoms with Crippen LogP contribution in [0.1, 0.15) is 26.5 Å². The Labute approximate surface area is 198 Å². The molecular formula is C23H24BrN5O4. The van der Waals surface area contributed by atoms with Crippen molar-refractivity contribution in [1.82, 2.24) is 19.5 Å². The van der Waals surface area contributed by atoms with Crippen LogP contribution in [0.5, 0.6) is 5.75 Å². The number of ether oxygens (including phenoxy) is 3. The molecule has 3 N–H and O–H groups in total. The number of nitrogens with two attached hydrogens (primary N) is 1. The van der Waals surface area contributed by atoms with E-state index in [1.165, 1.54) is 6.33 Å². The monoisotopic (exact) mass is 513 g/mol. The Kier molecular flexibility index (Phi) is 5.69. The van der Waals surface area contributed by atoms with Gasteiger partial charge in [-0.15, -0.1) is 0 Å². The number of benzene rings is 1. The summed E-state index contributed by atoms with van der Waals surface area (Å²) in [5.41, 5.74) is 7.49. The Balaban J connectivity index is 1.36. The highest BCUT2D eigenvalue weighted by atomic mass is 79.9. The quantitative estimate of drug-likeness (QED) is 0.373. The number of aliphatic hydroxyl groups is 1. The second-order valence-corrected chi connectivity index (χ2v) is 9.42. The fourth-order valence-electron chi connectivity index (χ4n) is 4.08. The summed E-state index contributed by atoms with van der Waals surface area (Å²) in [4.78, 5) is 12.8. The van der Waals surface area contributed by atoms with Gasteiger partial charge in [0.2, 0.25) is 0 Å². The molecule has 9 nitrogen and oxygen atoms in total. The molecule has 4 heterocycles. The maximum atomic E-state index is 10.3. The molecule has 0 saturated carbocycles. The van der Waals surface area contributed by atoms with Crippen LogP contribution in [0.2, 0.25) is 0 Å². The largest absolute Gasteiger partial charge is 0.491 e. The minimum atomic E-state index is -1.31. The van der Waals surface area contributed by atoms with E-state index in [1.807, 2.05) is 41.1 Å². The van der Waals surface area contributed by atoms with Gasteiger partial charge in [-0.25, -0.2) is 9.97 Å². The summed E-state index contributed by atoms with van der Waals surface area (Å²) >= 11 is 3.44. The molecule has 1 saturated heterocycles. The van der Waals surface area contributed by atoms with Crippen molar-refractivity contribution < 1.29 is 19.3 Å². The standard InChI is InChI=1S/C23H24BrN5O4/c1-23(2,30)33-18-9-20(29-6-5-16-21(25)27-12-28-22(16)29)32-19(18)11-31-15-4-3-13-7-14(24)10-26-17(13)8-15/h3-8,10,12,18-20,30H,9,11H2,1-2H3,(H2,25,27,28)/t18-,19+,20+/m0/s1.